The number of nitrogens with two attached hydrogens (primary N) is 1. The van der Waals surface area contributed by atoms with Gasteiger partial charge in [-0.3, -0.25) is 0 Å². The summed E-state index contributed by atoms with van der Waals surface area (Å²) >= 11 is 0. The highest BCUT2D eigenvalue weighted by Gasteiger charge is 2.05. The molecule has 0 aliphatic rings. The maximum Gasteiger partial charge on any atom is 0.165 e. The second kappa shape index (κ2) is 3.45. The third-order valence-corrected chi connectivity index (χ3v) is 2.00. The van der Waals surface area contributed by atoms with Gasteiger partial charge in [-0.15, -0.1) is 10.2 Å². The molecular formula is C9H11N5. The molecule has 72 valence electrons. The lowest BCUT2D eigenvalue weighted by Gasteiger charge is -2.02. The van der Waals surface area contributed by atoms with Gasteiger partial charge in [-0.05, 0) is 19.1 Å². The summed E-state index contributed by atoms with van der Waals surface area (Å²) in [4.78, 5) is 4.01. The van der Waals surface area contributed by atoms with Gasteiger partial charge >= 0.3 is 0 Å². The maximum absolute atomic E-state index is 5.50. The van der Waals surface area contributed by atoms with Gasteiger partial charge in [0, 0.05) is 18.3 Å². The van der Waals surface area contributed by atoms with Crippen molar-refractivity contribution in [3.8, 4) is 11.4 Å². The van der Waals surface area contributed by atoms with Gasteiger partial charge in [0.2, 0.25) is 0 Å². The second-order valence-electron chi connectivity index (χ2n) is 2.91. The second-order valence-corrected chi connectivity index (χ2v) is 2.91. The lowest BCUT2D eigenvalue weighted by atomic mass is 10.2. The Labute approximate surface area is 81.6 Å². The molecule has 2 rings (SSSR count). The molecule has 2 aromatic rings. The zero-order chi connectivity index (χ0) is 9.97. The molecule has 14 heavy (non-hydrogen) atoms. The molecule has 2 N–H and O–H groups in total. The van der Waals surface area contributed by atoms with E-state index < -0.39 is 0 Å². The summed E-state index contributed by atoms with van der Waals surface area (Å²) in [5, 5.41) is 7.86. The molecular weight excluding hydrogens is 178 g/mol. The smallest absolute Gasteiger partial charge is 0.165 e. The van der Waals surface area contributed by atoms with Crippen molar-refractivity contribution in [2.24, 2.45) is 0 Å². The van der Waals surface area contributed by atoms with Crippen LogP contribution in [0.4, 0.5) is 5.82 Å². The Kier molecular flexibility index (Phi) is 2.14. The number of nitrogens with zero attached hydrogens (tertiary/aromatic N) is 4. The minimum Gasteiger partial charge on any atom is -0.384 e. The summed E-state index contributed by atoms with van der Waals surface area (Å²) in [5.41, 5.74) is 6.43. The topological polar surface area (TPSA) is 69.6 Å². The molecule has 0 atom stereocenters. The summed E-state index contributed by atoms with van der Waals surface area (Å²) < 4.78 is 1.95. The Balaban J connectivity index is 2.44. The Morgan fingerprint density at radius 2 is 2.29 bits per heavy atom. The van der Waals surface area contributed by atoms with Gasteiger partial charge in [0.15, 0.2) is 5.82 Å². The van der Waals surface area contributed by atoms with Crippen molar-refractivity contribution >= 4 is 5.82 Å². The Morgan fingerprint density at radius 1 is 1.43 bits per heavy atom. The molecule has 0 radical (unpaired) electrons. The molecule has 0 bridgehead atoms. The van der Waals surface area contributed by atoms with Crippen LogP contribution in [0.15, 0.2) is 24.7 Å². The summed E-state index contributed by atoms with van der Waals surface area (Å²) in [5.74, 6) is 1.33. The summed E-state index contributed by atoms with van der Waals surface area (Å²) in [6.07, 6.45) is 3.40. The third kappa shape index (κ3) is 1.44. The zero-order valence-corrected chi connectivity index (χ0v) is 7.88. The SMILES string of the molecule is CCn1cnnc1-c1ccc(N)nc1. The van der Waals surface area contributed by atoms with E-state index >= 15 is 0 Å². The molecule has 2 heterocycles. The average molecular weight is 189 g/mol. The lowest BCUT2D eigenvalue weighted by molar-refractivity contribution is 0.766. The number of pyridine rings is 1. The van der Waals surface area contributed by atoms with Gasteiger partial charge in [0.25, 0.3) is 0 Å². The first-order chi connectivity index (χ1) is 6.81. The van der Waals surface area contributed by atoms with Crippen molar-refractivity contribution in [1.82, 2.24) is 19.7 Å². The predicted molar refractivity (Wildman–Crippen MR) is 53.3 cm³/mol. The van der Waals surface area contributed by atoms with Crippen LogP contribution >= 0.6 is 0 Å². The number of hydrogen-bond donors (Lipinski definition) is 1. The van der Waals surface area contributed by atoms with E-state index in [-0.39, 0.29) is 0 Å². The number of nitrogen functional groups attached to an aromatic ring is 1. The van der Waals surface area contributed by atoms with Crippen molar-refractivity contribution in [2.45, 2.75) is 13.5 Å². The van der Waals surface area contributed by atoms with E-state index in [2.05, 4.69) is 15.2 Å². The number of aromatic nitrogens is 4. The highest BCUT2D eigenvalue weighted by molar-refractivity contribution is 5.55. The van der Waals surface area contributed by atoms with Gasteiger partial charge in [0.05, 0.1) is 0 Å². The van der Waals surface area contributed by atoms with Crippen molar-refractivity contribution in [2.75, 3.05) is 5.73 Å². The molecule has 0 spiro atoms. The highest BCUT2D eigenvalue weighted by Crippen LogP contribution is 2.15. The first kappa shape index (κ1) is 8.68. The molecule has 0 aliphatic heterocycles. The number of rotatable bonds is 2. The molecule has 0 aliphatic carbocycles. The Morgan fingerprint density at radius 3 is 2.93 bits per heavy atom. The quantitative estimate of drug-likeness (QED) is 0.763. The first-order valence-corrected chi connectivity index (χ1v) is 4.41. The zero-order valence-electron chi connectivity index (χ0n) is 7.88. The van der Waals surface area contributed by atoms with Crippen LogP contribution in [-0.4, -0.2) is 19.7 Å². The van der Waals surface area contributed by atoms with E-state index in [1.54, 1.807) is 18.6 Å². The van der Waals surface area contributed by atoms with Gasteiger partial charge in [-0.1, -0.05) is 0 Å². The van der Waals surface area contributed by atoms with Crippen molar-refractivity contribution < 1.29 is 0 Å². The molecule has 0 saturated carbocycles. The maximum atomic E-state index is 5.50. The third-order valence-electron chi connectivity index (χ3n) is 2.00. The fraction of sp³-hybridized carbons (Fsp3) is 0.222. The first-order valence-electron chi connectivity index (χ1n) is 4.41. The van der Waals surface area contributed by atoms with Crippen LogP contribution < -0.4 is 5.73 Å². The molecule has 0 amide bonds. The number of aryl methyl sites for hydroxylation is 1. The fourth-order valence-electron chi connectivity index (χ4n) is 1.25. The Hall–Kier alpha value is -1.91. The van der Waals surface area contributed by atoms with Crippen molar-refractivity contribution in [1.29, 1.82) is 0 Å². The molecule has 2 aromatic heterocycles. The van der Waals surface area contributed by atoms with Crippen LogP contribution in [0.1, 0.15) is 6.92 Å². The van der Waals surface area contributed by atoms with E-state index in [1.807, 2.05) is 17.6 Å². The summed E-state index contributed by atoms with van der Waals surface area (Å²) in [7, 11) is 0. The van der Waals surface area contributed by atoms with Gasteiger partial charge in [-0.25, -0.2) is 4.98 Å². The summed E-state index contributed by atoms with van der Waals surface area (Å²) in [6, 6.07) is 3.64. The molecule has 0 unspecified atom stereocenters. The molecule has 0 saturated heterocycles. The Bertz CT molecular complexity index is 417. The van der Waals surface area contributed by atoms with Crippen LogP contribution in [0.2, 0.25) is 0 Å². The van der Waals surface area contributed by atoms with Crippen LogP contribution in [0.5, 0.6) is 0 Å². The van der Waals surface area contributed by atoms with Crippen LogP contribution in [0.25, 0.3) is 11.4 Å². The molecule has 5 heteroatoms. The minimum atomic E-state index is 0.510. The number of anilines is 1. The van der Waals surface area contributed by atoms with Gasteiger partial charge in [-0.2, -0.15) is 0 Å². The molecule has 0 fully saturated rings. The fourth-order valence-corrected chi connectivity index (χ4v) is 1.25. The molecule has 5 nitrogen and oxygen atoms in total. The van der Waals surface area contributed by atoms with Crippen molar-refractivity contribution in [3.63, 3.8) is 0 Å². The van der Waals surface area contributed by atoms with E-state index in [4.69, 9.17) is 5.73 Å². The van der Waals surface area contributed by atoms with Crippen LogP contribution in [0.3, 0.4) is 0 Å². The highest BCUT2D eigenvalue weighted by atomic mass is 15.3. The standard InChI is InChI=1S/C9H11N5/c1-2-14-6-12-13-9(14)7-3-4-8(10)11-5-7/h3-6H,2H2,1H3,(H2,10,11). The van der Waals surface area contributed by atoms with Gasteiger partial charge < -0.3 is 10.3 Å². The van der Waals surface area contributed by atoms with E-state index in [0.29, 0.717) is 5.82 Å². The van der Waals surface area contributed by atoms with Crippen molar-refractivity contribution in [3.05, 3.63) is 24.7 Å². The molecule has 0 aromatic carbocycles. The number of hydrogen-bond acceptors (Lipinski definition) is 4. The van der Waals surface area contributed by atoms with E-state index in [9.17, 15) is 0 Å². The van der Waals surface area contributed by atoms with Gasteiger partial charge in [0.1, 0.15) is 12.1 Å². The minimum absolute atomic E-state index is 0.510. The average Bonchev–Trinajstić information content (AvgIpc) is 2.67. The van der Waals surface area contributed by atoms with E-state index in [1.165, 1.54) is 0 Å². The normalized spacial score (nSPS) is 10.4. The van der Waals surface area contributed by atoms with Crippen LogP contribution in [0, 0.1) is 0 Å². The largest absolute Gasteiger partial charge is 0.384 e. The summed E-state index contributed by atoms with van der Waals surface area (Å²) in [6.45, 7) is 2.88. The van der Waals surface area contributed by atoms with E-state index in [0.717, 1.165) is 17.9 Å². The predicted octanol–water partition coefficient (Wildman–Crippen LogP) is 0.942. The lowest BCUT2D eigenvalue weighted by Crippen LogP contribution is -1.97. The monoisotopic (exact) mass is 189 g/mol. The van der Waals surface area contributed by atoms with Crippen LogP contribution in [-0.2, 0) is 6.54 Å².